The van der Waals surface area contributed by atoms with E-state index in [1.165, 1.54) is 16.8 Å². The normalized spacial score (nSPS) is 10.7. The van der Waals surface area contributed by atoms with Gasteiger partial charge >= 0.3 is 0 Å². The molecule has 0 radical (unpaired) electrons. The van der Waals surface area contributed by atoms with Gasteiger partial charge in [0.05, 0.1) is 6.67 Å². The molecule has 0 aliphatic rings. The number of rotatable bonds is 4. The first-order valence-electron chi connectivity index (χ1n) is 7.23. The van der Waals surface area contributed by atoms with Crippen molar-refractivity contribution in [3.8, 4) is 5.75 Å². The molecule has 0 fully saturated rings. The van der Waals surface area contributed by atoms with Gasteiger partial charge in [0.2, 0.25) is 0 Å². The highest BCUT2D eigenvalue weighted by atomic mass is 16.3. The number of phenolic OH excluding ortho intramolecular Hbond substituents is 1. The van der Waals surface area contributed by atoms with Gasteiger partial charge in [-0.15, -0.1) is 0 Å². The quantitative estimate of drug-likeness (QED) is 0.835. The average molecular weight is 284 g/mol. The molecule has 0 spiro atoms. The number of hydrogen-bond donors (Lipinski definition) is 2. The largest absolute Gasteiger partial charge is 0.507 e. The Balaban J connectivity index is 2.53. The van der Waals surface area contributed by atoms with Gasteiger partial charge in [0.25, 0.3) is 0 Å². The van der Waals surface area contributed by atoms with E-state index >= 15 is 0 Å². The second-order valence-corrected chi connectivity index (χ2v) is 5.66. The van der Waals surface area contributed by atoms with Crippen molar-refractivity contribution in [3.63, 3.8) is 0 Å². The predicted molar refractivity (Wildman–Crippen MR) is 89.6 cm³/mol. The molecule has 3 nitrogen and oxygen atoms in total. The maximum absolute atomic E-state index is 9.97. The van der Waals surface area contributed by atoms with Crippen molar-refractivity contribution in [2.75, 3.05) is 18.6 Å². The molecule has 2 aromatic carbocycles. The number of benzene rings is 2. The Morgan fingerprint density at radius 3 is 2.10 bits per heavy atom. The van der Waals surface area contributed by atoms with Gasteiger partial charge < -0.3 is 15.3 Å². The first-order chi connectivity index (χ1) is 9.93. The molecular formula is C18H24N2O. The fraction of sp³-hybridized carbons (Fsp3) is 0.333. The molecule has 0 amide bonds. The molecule has 0 saturated carbocycles. The third-order valence-electron chi connectivity index (χ3n) is 3.75. The molecule has 0 bridgehead atoms. The summed E-state index contributed by atoms with van der Waals surface area (Å²) in [5, 5.41) is 13.2. The summed E-state index contributed by atoms with van der Waals surface area (Å²) in [6.07, 6.45) is 0. The summed E-state index contributed by atoms with van der Waals surface area (Å²) in [6, 6.07) is 10.5. The minimum atomic E-state index is 0.379. The van der Waals surface area contributed by atoms with Crippen molar-refractivity contribution in [2.24, 2.45) is 0 Å². The second-order valence-electron chi connectivity index (χ2n) is 5.66. The minimum Gasteiger partial charge on any atom is -0.507 e. The van der Waals surface area contributed by atoms with E-state index in [1.54, 1.807) is 0 Å². The van der Waals surface area contributed by atoms with Crippen molar-refractivity contribution >= 4 is 11.4 Å². The van der Waals surface area contributed by atoms with E-state index in [-0.39, 0.29) is 0 Å². The Labute approximate surface area is 127 Å². The van der Waals surface area contributed by atoms with Crippen LogP contribution in [0.4, 0.5) is 11.4 Å². The zero-order valence-corrected chi connectivity index (χ0v) is 13.5. The SMILES string of the molecule is CNCN(c1cc(C)c(O)c(C)c1)c1ccc(C)cc1C. The van der Waals surface area contributed by atoms with Crippen molar-refractivity contribution in [2.45, 2.75) is 27.7 Å². The number of anilines is 2. The summed E-state index contributed by atoms with van der Waals surface area (Å²) >= 11 is 0. The highest BCUT2D eigenvalue weighted by molar-refractivity contribution is 5.69. The van der Waals surface area contributed by atoms with E-state index < -0.39 is 0 Å². The number of hydrogen-bond acceptors (Lipinski definition) is 3. The molecular weight excluding hydrogens is 260 g/mol. The van der Waals surface area contributed by atoms with Crippen LogP contribution in [0.3, 0.4) is 0 Å². The summed E-state index contributed by atoms with van der Waals surface area (Å²) in [6.45, 7) is 8.82. The van der Waals surface area contributed by atoms with Crippen LogP contribution in [0.1, 0.15) is 22.3 Å². The monoisotopic (exact) mass is 284 g/mol. The standard InChI is InChI=1S/C18H24N2O/c1-12-6-7-17(13(2)8-12)20(11-19-5)16-9-14(3)18(21)15(4)10-16/h6-10,19,21H,11H2,1-5H3. The Bertz CT molecular complexity index is 627. The second kappa shape index (κ2) is 6.19. The summed E-state index contributed by atoms with van der Waals surface area (Å²) < 4.78 is 0. The third kappa shape index (κ3) is 3.19. The van der Waals surface area contributed by atoms with Gasteiger partial charge in [-0.2, -0.15) is 0 Å². The van der Waals surface area contributed by atoms with Crippen LogP contribution in [-0.4, -0.2) is 18.8 Å². The molecule has 0 aliphatic heterocycles. The molecule has 0 atom stereocenters. The molecule has 21 heavy (non-hydrogen) atoms. The van der Waals surface area contributed by atoms with Gasteiger partial charge in [-0.05, 0) is 69.6 Å². The Hall–Kier alpha value is -2.00. The minimum absolute atomic E-state index is 0.379. The zero-order chi connectivity index (χ0) is 15.6. The van der Waals surface area contributed by atoms with Crippen LogP contribution in [0.15, 0.2) is 30.3 Å². The van der Waals surface area contributed by atoms with Crippen molar-refractivity contribution in [1.82, 2.24) is 5.32 Å². The van der Waals surface area contributed by atoms with Gasteiger partial charge in [0.15, 0.2) is 0 Å². The van der Waals surface area contributed by atoms with E-state index in [9.17, 15) is 5.11 Å². The van der Waals surface area contributed by atoms with Crippen LogP contribution < -0.4 is 10.2 Å². The average Bonchev–Trinajstić information content (AvgIpc) is 2.42. The van der Waals surface area contributed by atoms with E-state index in [4.69, 9.17) is 0 Å². The van der Waals surface area contributed by atoms with Crippen LogP contribution in [0.5, 0.6) is 5.75 Å². The Kier molecular flexibility index (Phi) is 4.53. The molecule has 0 aliphatic carbocycles. The number of nitrogens with zero attached hydrogens (tertiary/aromatic N) is 1. The fourth-order valence-corrected chi connectivity index (χ4v) is 2.67. The highest BCUT2D eigenvalue weighted by Gasteiger charge is 2.13. The van der Waals surface area contributed by atoms with E-state index in [0.717, 1.165) is 16.8 Å². The smallest absolute Gasteiger partial charge is 0.121 e. The van der Waals surface area contributed by atoms with Crippen molar-refractivity contribution in [3.05, 3.63) is 52.6 Å². The van der Waals surface area contributed by atoms with Crippen molar-refractivity contribution in [1.29, 1.82) is 0 Å². The van der Waals surface area contributed by atoms with Crippen LogP contribution in [0.2, 0.25) is 0 Å². The number of phenols is 1. The summed E-state index contributed by atoms with van der Waals surface area (Å²) in [4.78, 5) is 2.23. The summed E-state index contributed by atoms with van der Waals surface area (Å²) in [5.74, 6) is 0.379. The van der Waals surface area contributed by atoms with Gasteiger partial charge in [-0.25, -0.2) is 0 Å². The van der Waals surface area contributed by atoms with Gasteiger partial charge in [0, 0.05) is 11.4 Å². The predicted octanol–water partition coefficient (Wildman–Crippen LogP) is 3.94. The van der Waals surface area contributed by atoms with E-state index in [1.807, 2.05) is 33.0 Å². The maximum Gasteiger partial charge on any atom is 0.121 e. The molecule has 0 heterocycles. The summed E-state index contributed by atoms with van der Waals surface area (Å²) in [7, 11) is 1.94. The first-order valence-corrected chi connectivity index (χ1v) is 7.23. The molecule has 0 unspecified atom stereocenters. The number of nitrogens with one attached hydrogen (secondary N) is 1. The lowest BCUT2D eigenvalue weighted by molar-refractivity contribution is 0.467. The van der Waals surface area contributed by atoms with Crippen LogP contribution in [0.25, 0.3) is 0 Å². The van der Waals surface area contributed by atoms with E-state index in [0.29, 0.717) is 12.4 Å². The molecule has 2 aromatic rings. The molecule has 0 aromatic heterocycles. The lowest BCUT2D eigenvalue weighted by Crippen LogP contribution is -2.28. The van der Waals surface area contributed by atoms with Gasteiger partial charge in [-0.1, -0.05) is 17.7 Å². The zero-order valence-electron chi connectivity index (χ0n) is 13.5. The molecule has 2 rings (SSSR count). The van der Waals surface area contributed by atoms with Crippen molar-refractivity contribution < 1.29 is 5.11 Å². The number of aromatic hydroxyl groups is 1. The fourth-order valence-electron chi connectivity index (χ4n) is 2.67. The lowest BCUT2D eigenvalue weighted by atomic mass is 10.1. The first kappa shape index (κ1) is 15.4. The molecule has 112 valence electrons. The third-order valence-corrected chi connectivity index (χ3v) is 3.75. The molecule has 0 saturated heterocycles. The molecule has 3 heteroatoms. The summed E-state index contributed by atoms with van der Waals surface area (Å²) in [5.41, 5.74) is 6.57. The Morgan fingerprint density at radius 2 is 1.57 bits per heavy atom. The van der Waals surface area contributed by atoms with E-state index in [2.05, 4.69) is 42.3 Å². The van der Waals surface area contributed by atoms with Gasteiger partial charge in [-0.3, -0.25) is 0 Å². The highest BCUT2D eigenvalue weighted by Crippen LogP contribution is 2.33. The van der Waals surface area contributed by atoms with Crippen LogP contribution >= 0.6 is 0 Å². The number of aryl methyl sites for hydroxylation is 4. The molecule has 2 N–H and O–H groups in total. The van der Waals surface area contributed by atoms with Gasteiger partial charge in [0.1, 0.15) is 5.75 Å². The van der Waals surface area contributed by atoms with Crippen LogP contribution in [0, 0.1) is 27.7 Å². The van der Waals surface area contributed by atoms with Crippen LogP contribution in [-0.2, 0) is 0 Å². The Morgan fingerprint density at radius 1 is 0.952 bits per heavy atom. The lowest BCUT2D eigenvalue weighted by Gasteiger charge is -2.27. The topological polar surface area (TPSA) is 35.5 Å². The maximum atomic E-state index is 9.97.